The lowest BCUT2D eigenvalue weighted by Gasteiger charge is -2.28. The molecule has 514 valence electrons. The number of ether oxygens (including phenoxy) is 1. The third kappa shape index (κ3) is 21.8. The van der Waals surface area contributed by atoms with Gasteiger partial charge < -0.3 is 96.2 Å². The molecule has 0 saturated heterocycles. The second-order valence-electron chi connectivity index (χ2n) is 23.6. The van der Waals surface area contributed by atoms with Crippen molar-refractivity contribution in [3.8, 4) is 5.75 Å². The SMILES string of the molecule is N=C(N)NCCC[C@H](NC(=O)[C@H](Cc1c[nH]c2ccccc12)NC(=O)[C@H](CCCNC(=N)N)NC(=O)[C@H](Cc1c[nH]c2ccccc12)NC(=O)[C@@H](N)CCCNC(=N)N)C(=O)N[C@@H](Cc1c[nH]c2ccccc12)C(=O)N[C@@H](CCCCn1cc(COc2ccccc2)nn1)C(N)=O. The van der Waals surface area contributed by atoms with Crippen molar-refractivity contribution in [1.29, 1.82) is 16.2 Å². The lowest BCUT2D eigenvalue weighted by molar-refractivity contribution is -0.135. The zero-order valence-electron chi connectivity index (χ0n) is 53.7. The number of para-hydroxylation sites is 4. The molecule has 8 rings (SSSR count). The summed E-state index contributed by atoms with van der Waals surface area (Å²) in [7, 11) is 0. The van der Waals surface area contributed by atoms with Gasteiger partial charge in [-0.1, -0.05) is 78.0 Å². The molecule has 4 aromatic carbocycles. The van der Waals surface area contributed by atoms with E-state index < -0.39 is 83.6 Å². The quantitative estimate of drug-likeness (QED) is 0.0143. The maximum atomic E-state index is 15.3. The first-order valence-corrected chi connectivity index (χ1v) is 32.1. The molecule has 31 heteroatoms. The Kier molecular flexibility index (Phi) is 26.2. The molecule has 4 heterocycles. The second-order valence-corrected chi connectivity index (χ2v) is 23.6. The van der Waals surface area contributed by atoms with Crippen LogP contribution in [0.3, 0.4) is 0 Å². The van der Waals surface area contributed by atoms with Gasteiger partial charge in [0, 0.05) is 96.7 Å². The van der Waals surface area contributed by atoms with Crippen molar-refractivity contribution in [3.63, 3.8) is 0 Å². The van der Waals surface area contributed by atoms with Crippen LogP contribution in [0, 0.1) is 16.2 Å². The molecular formula is C66H87N23O8. The zero-order chi connectivity index (χ0) is 69.2. The summed E-state index contributed by atoms with van der Waals surface area (Å²) in [6, 6.07) is 22.1. The maximum absolute atomic E-state index is 15.3. The molecule has 0 fully saturated rings. The van der Waals surface area contributed by atoms with Crippen molar-refractivity contribution in [2.75, 3.05) is 19.6 Å². The van der Waals surface area contributed by atoms with Crippen LogP contribution in [0.1, 0.15) is 80.2 Å². The molecule has 0 unspecified atom stereocenters. The normalized spacial score (nSPS) is 13.4. The van der Waals surface area contributed by atoms with Gasteiger partial charge in [0.1, 0.15) is 54.3 Å². The van der Waals surface area contributed by atoms with E-state index in [0.717, 1.165) is 32.7 Å². The van der Waals surface area contributed by atoms with Crippen LogP contribution in [0.2, 0.25) is 0 Å². The molecule has 0 radical (unpaired) electrons. The molecule has 7 atom stereocenters. The smallest absolute Gasteiger partial charge is 0.243 e. The van der Waals surface area contributed by atoms with Crippen molar-refractivity contribution >= 4 is 91.9 Å². The summed E-state index contributed by atoms with van der Waals surface area (Å²) < 4.78 is 7.45. The number of fused-ring (bicyclic) bond motifs is 3. The topological polar surface area (TPSA) is 517 Å². The molecule has 0 aliphatic heterocycles. The lowest BCUT2D eigenvalue weighted by atomic mass is 10.0. The van der Waals surface area contributed by atoms with Gasteiger partial charge >= 0.3 is 0 Å². The van der Waals surface area contributed by atoms with E-state index in [1.807, 2.05) is 103 Å². The van der Waals surface area contributed by atoms with Crippen LogP contribution in [0.25, 0.3) is 32.7 Å². The van der Waals surface area contributed by atoms with Crippen molar-refractivity contribution in [3.05, 3.63) is 150 Å². The average molecular weight is 1330 g/mol. The fourth-order valence-corrected chi connectivity index (χ4v) is 11.2. The molecule has 97 heavy (non-hydrogen) atoms. The fraction of sp³-hybridized carbons (Fsp3) is 0.364. The minimum atomic E-state index is -1.47. The van der Waals surface area contributed by atoms with Crippen molar-refractivity contribution in [2.24, 2.45) is 28.7 Å². The molecular weight excluding hydrogens is 1240 g/mol. The fourth-order valence-electron chi connectivity index (χ4n) is 11.2. The van der Waals surface area contributed by atoms with Crippen molar-refractivity contribution < 1.29 is 38.3 Å². The molecule has 25 N–H and O–H groups in total. The van der Waals surface area contributed by atoms with Gasteiger partial charge in [-0.15, -0.1) is 5.10 Å². The van der Waals surface area contributed by atoms with Crippen LogP contribution in [-0.4, -0.2) is 151 Å². The van der Waals surface area contributed by atoms with E-state index in [1.54, 1.807) is 29.5 Å². The van der Waals surface area contributed by atoms with Crippen LogP contribution in [0.15, 0.2) is 128 Å². The minimum absolute atomic E-state index is 0.0482. The Morgan fingerprint density at radius 2 is 0.825 bits per heavy atom. The van der Waals surface area contributed by atoms with E-state index in [0.29, 0.717) is 53.9 Å². The maximum Gasteiger partial charge on any atom is 0.243 e. The molecule has 0 bridgehead atoms. The highest BCUT2D eigenvalue weighted by molar-refractivity contribution is 5.98. The van der Waals surface area contributed by atoms with E-state index in [4.69, 9.17) is 49.6 Å². The highest BCUT2D eigenvalue weighted by atomic mass is 16.5. The number of guanidine groups is 3. The summed E-state index contributed by atoms with van der Waals surface area (Å²) in [5, 5.41) is 58.7. The Balaban J connectivity index is 1.04. The molecule has 0 saturated carbocycles. The summed E-state index contributed by atoms with van der Waals surface area (Å²) in [6.45, 7) is 1.11. The van der Waals surface area contributed by atoms with Gasteiger partial charge in [-0.3, -0.25) is 54.5 Å². The van der Waals surface area contributed by atoms with E-state index in [9.17, 15) is 19.2 Å². The number of rotatable bonds is 39. The number of nitrogens with one attached hydrogen (secondary N) is 15. The first-order valence-electron chi connectivity index (χ1n) is 32.1. The third-order valence-electron chi connectivity index (χ3n) is 16.3. The number of aryl methyl sites for hydroxylation is 1. The van der Waals surface area contributed by atoms with Gasteiger partial charge in [-0.25, -0.2) is 0 Å². The number of unbranched alkanes of at least 4 members (excludes halogenated alkanes) is 1. The standard InChI is InChI=1S/C66H87N23O8/c67-47(20-12-27-75-64(69)70)58(91)84-54(31-39-34-78-48-21-7-4-17-44(39)48)62(95)82-52(25-13-28-76-65(71)72)60(93)86-56(33-41-36-80-50-23-9-6-19-46(41)50)63(96)83-53(26-14-29-77-66(73)74)59(92)85-55(32-40-35-79-49-22-8-5-18-45(40)49)61(94)81-51(57(68)90)24-10-11-30-89-37-42(87-88-89)38-97-43-15-2-1-3-16-43/h1-9,15-19,21-23,34-37,47,51-56,78-80H,10-14,20,24-33,38,67H2,(H2,68,90)(H,81,94)(H,82,95)(H,83,96)(H,84,91)(H,85,92)(H,86,93)(H4,69,70,75)(H4,71,72,76)(H4,73,74,77)/t47-,51-,52-,53-,54-,55-,56-/m0/s1. The number of nitrogens with zero attached hydrogens (tertiary/aromatic N) is 3. The predicted molar refractivity (Wildman–Crippen MR) is 367 cm³/mol. The minimum Gasteiger partial charge on any atom is -0.487 e. The van der Waals surface area contributed by atoms with Gasteiger partial charge in [-0.05, 0) is 105 Å². The highest BCUT2D eigenvalue weighted by Crippen LogP contribution is 2.23. The predicted octanol–water partition coefficient (Wildman–Crippen LogP) is 0.711. The summed E-state index contributed by atoms with van der Waals surface area (Å²) in [6.07, 6.45) is 8.36. The number of hydrogen-bond donors (Lipinski definition) is 20. The Morgan fingerprint density at radius 3 is 1.26 bits per heavy atom. The van der Waals surface area contributed by atoms with Crippen LogP contribution < -0.4 is 81.3 Å². The largest absolute Gasteiger partial charge is 0.487 e. The Labute approximate surface area is 558 Å². The monoisotopic (exact) mass is 1330 g/mol. The number of amides is 7. The molecule has 31 nitrogen and oxygen atoms in total. The van der Waals surface area contributed by atoms with Crippen LogP contribution in [0.4, 0.5) is 0 Å². The number of nitrogens with two attached hydrogens (primary N) is 5. The third-order valence-corrected chi connectivity index (χ3v) is 16.3. The lowest BCUT2D eigenvalue weighted by Crippen LogP contribution is -2.60. The number of aromatic amines is 3. The van der Waals surface area contributed by atoms with E-state index in [2.05, 4.69) is 73.1 Å². The van der Waals surface area contributed by atoms with Gasteiger partial charge in [0.2, 0.25) is 41.4 Å². The van der Waals surface area contributed by atoms with Gasteiger partial charge in [0.25, 0.3) is 0 Å². The van der Waals surface area contributed by atoms with Gasteiger partial charge in [0.15, 0.2) is 17.9 Å². The van der Waals surface area contributed by atoms with Crippen molar-refractivity contribution in [1.82, 2.24) is 77.8 Å². The number of benzene rings is 4. The number of hydrogen-bond acceptors (Lipinski definition) is 14. The van der Waals surface area contributed by atoms with E-state index >= 15 is 14.4 Å². The van der Waals surface area contributed by atoms with E-state index in [-0.39, 0.29) is 102 Å². The van der Waals surface area contributed by atoms with Crippen LogP contribution >= 0.6 is 0 Å². The zero-order valence-corrected chi connectivity index (χ0v) is 53.7. The first kappa shape index (κ1) is 71.4. The number of carbonyl (C=O) groups is 7. The summed E-state index contributed by atoms with van der Waals surface area (Å²) >= 11 is 0. The van der Waals surface area contributed by atoms with E-state index in [1.165, 1.54) is 0 Å². The Morgan fingerprint density at radius 1 is 0.454 bits per heavy atom. The van der Waals surface area contributed by atoms with Gasteiger partial charge in [0.05, 0.1) is 12.2 Å². The molecule has 0 aliphatic carbocycles. The number of carbonyl (C=O) groups excluding carboxylic acids is 7. The average Bonchev–Trinajstić information content (AvgIpc) is 1.70. The van der Waals surface area contributed by atoms with Crippen molar-refractivity contribution in [2.45, 2.75) is 132 Å². The van der Waals surface area contributed by atoms with Crippen LogP contribution in [0.5, 0.6) is 5.75 Å². The number of primary amides is 1. The summed E-state index contributed by atoms with van der Waals surface area (Å²) in [5.74, 6) is -5.70. The molecule has 4 aromatic heterocycles. The van der Waals surface area contributed by atoms with Gasteiger partial charge in [-0.2, -0.15) is 0 Å². The molecule has 7 amide bonds. The van der Waals surface area contributed by atoms with Crippen LogP contribution in [-0.2, 0) is 66.0 Å². The Bertz CT molecular complexity index is 3990. The summed E-state index contributed by atoms with van der Waals surface area (Å²) in [4.78, 5) is 111. The Hall–Kier alpha value is -11.5. The highest BCUT2D eigenvalue weighted by Gasteiger charge is 2.35. The number of H-pyrrole nitrogens is 3. The first-order chi connectivity index (χ1) is 46.8. The molecule has 0 spiro atoms. The molecule has 0 aliphatic rings. The molecule has 8 aromatic rings. The number of aromatic nitrogens is 6. The summed E-state index contributed by atoms with van der Waals surface area (Å²) in [5.41, 5.74) is 33.8. The second kappa shape index (κ2) is 35.7.